The van der Waals surface area contributed by atoms with Gasteiger partial charge in [0.2, 0.25) is 5.82 Å². The Balaban J connectivity index is 3.01. The SMILES string of the molecule is [C-]#[N+]c1cc(=O)nc2sccn12. The van der Waals surface area contributed by atoms with Gasteiger partial charge in [0.25, 0.3) is 10.5 Å². The quantitative estimate of drug-likeness (QED) is 0.569. The third-order valence-electron chi connectivity index (χ3n) is 1.41. The number of thiazole rings is 1. The third kappa shape index (κ3) is 0.898. The number of nitrogens with zero attached hydrogens (tertiary/aromatic N) is 3. The van der Waals surface area contributed by atoms with E-state index >= 15 is 0 Å². The highest BCUT2D eigenvalue weighted by Crippen LogP contribution is 2.14. The van der Waals surface area contributed by atoms with Gasteiger partial charge in [-0.1, -0.05) is 17.9 Å². The molecule has 2 aromatic rings. The second-order valence-electron chi connectivity index (χ2n) is 2.12. The van der Waals surface area contributed by atoms with Crippen LogP contribution in [0.1, 0.15) is 0 Å². The Kier molecular flexibility index (Phi) is 1.42. The van der Waals surface area contributed by atoms with Crippen molar-refractivity contribution in [1.82, 2.24) is 9.38 Å². The van der Waals surface area contributed by atoms with Crippen molar-refractivity contribution in [3.05, 3.63) is 39.4 Å². The van der Waals surface area contributed by atoms with Gasteiger partial charge in [0, 0.05) is 11.4 Å². The lowest BCUT2D eigenvalue weighted by Crippen LogP contribution is -2.04. The number of fused-ring (bicyclic) bond motifs is 1. The fraction of sp³-hybridized carbons (Fsp3) is 0. The normalized spacial score (nSPS) is 9.92. The van der Waals surface area contributed by atoms with Gasteiger partial charge in [0.1, 0.15) is 0 Å². The Bertz CT molecular complexity index is 519. The van der Waals surface area contributed by atoms with Gasteiger partial charge in [-0.15, -0.1) is 0 Å². The molecule has 0 aliphatic heterocycles. The molecule has 0 saturated carbocycles. The van der Waals surface area contributed by atoms with Crippen LogP contribution in [0.2, 0.25) is 0 Å². The maximum absolute atomic E-state index is 10.9. The molecule has 2 rings (SSSR count). The van der Waals surface area contributed by atoms with Crippen LogP contribution in [-0.2, 0) is 0 Å². The first-order valence-corrected chi connectivity index (χ1v) is 4.03. The average Bonchev–Trinajstić information content (AvgIpc) is 2.50. The first-order chi connectivity index (χ1) is 5.81. The van der Waals surface area contributed by atoms with Gasteiger partial charge in [-0.05, 0) is 0 Å². The van der Waals surface area contributed by atoms with E-state index < -0.39 is 0 Å². The molecule has 0 saturated heterocycles. The molecule has 0 aliphatic rings. The van der Waals surface area contributed by atoms with Gasteiger partial charge < -0.3 is 4.85 Å². The second kappa shape index (κ2) is 2.43. The number of hydrogen-bond donors (Lipinski definition) is 0. The van der Waals surface area contributed by atoms with Gasteiger partial charge in [0.05, 0.1) is 6.20 Å². The molecule has 0 amide bonds. The Morgan fingerprint density at radius 3 is 3.25 bits per heavy atom. The first-order valence-electron chi connectivity index (χ1n) is 3.15. The van der Waals surface area contributed by atoms with Crippen molar-refractivity contribution in [3.8, 4) is 0 Å². The Labute approximate surface area is 71.5 Å². The van der Waals surface area contributed by atoms with Crippen LogP contribution in [0.3, 0.4) is 0 Å². The average molecular weight is 177 g/mol. The van der Waals surface area contributed by atoms with Gasteiger partial charge in [0.15, 0.2) is 0 Å². The molecule has 0 aromatic carbocycles. The predicted molar refractivity (Wildman–Crippen MR) is 45.6 cm³/mol. The topological polar surface area (TPSA) is 38.7 Å². The fourth-order valence-electron chi connectivity index (χ4n) is 0.920. The summed E-state index contributed by atoms with van der Waals surface area (Å²) >= 11 is 1.34. The minimum Gasteiger partial charge on any atom is -0.364 e. The summed E-state index contributed by atoms with van der Waals surface area (Å²) in [7, 11) is 0. The van der Waals surface area contributed by atoms with Crippen molar-refractivity contribution >= 4 is 22.1 Å². The van der Waals surface area contributed by atoms with Crippen molar-refractivity contribution < 1.29 is 0 Å². The summed E-state index contributed by atoms with van der Waals surface area (Å²) in [5.74, 6) is 0.311. The summed E-state index contributed by atoms with van der Waals surface area (Å²) in [4.78, 5) is 18.4. The lowest BCUT2D eigenvalue weighted by Gasteiger charge is -1.91. The number of hydrogen-bond acceptors (Lipinski definition) is 3. The van der Waals surface area contributed by atoms with Crippen LogP contribution in [0.4, 0.5) is 5.82 Å². The number of rotatable bonds is 0. The van der Waals surface area contributed by atoms with E-state index in [1.54, 1.807) is 16.0 Å². The molecule has 4 nitrogen and oxygen atoms in total. The molecular weight excluding hydrogens is 174 g/mol. The summed E-state index contributed by atoms with van der Waals surface area (Å²) in [5, 5.41) is 1.79. The van der Waals surface area contributed by atoms with Crippen LogP contribution >= 0.6 is 11.3 Å². The fourth-order valence-corrected chi connectivity index (χ4v) is 1.63. The molecule has 0 spiro atoms. The molecule has 0 radical (unpaired) electrons. The Morgan fingerprint density at radius 2 is 2.50 bits per heavy atom. The van der Waals surface area contributed by atoms with E-state index in [9.17, 15) is 4.79 Å². The zero-order valence-electron chi connectivity index (χ0n) is 5.89. The van der Waals surface area contributed by atoms with Gasteiger partial charge in [-0.3, -0.25) is 4.79 Å². The van der Waals surface area contributed by atoms with E-state index in [2.05, 4.69) is 9.83 Å². The van der Waals surface area contributed by atoms with Gasteiger partial charge in [-0.2, -0.15) is 4.98 Å². The van der Waals surface area contributed by atoms with Crippen LogP contribution in [-0.4, -0.2) is 9.38 Å². The van der Waals surface area contributed by atoms with E-state index in [1.807, 2.05) is 0 Å². The lowest BCUT2D eigenvalue weighted by atomic mass is 10.6. The largest absolute Gasteiger partial charge is 0.364 e. The molecule has 0 N–H and O–H groups in total. The standard InChI is InChI=1S/C7H3N3OS/c1-8-5-4-6(11)9-7-10(5)2-3-12-7/h2-4H. The molecular formula is C7H3N3OS. The third-order valence-corrected chi connectivity index (χ3v) is 2.17. The predicted octanol–water partition coefficient (Wildman–Crippen LogP) is 1.31. The Morgan fingerprint density at radius 1 is 1.67 bits per heavy atom. The molecule has 2 aromatic heterocycles. The lowest BCUT2D eigenvalue weighted by molar-refractivity contribution is 1.13. The van der Waals surface area contributed by atoms with Crippen LogP contribution in [0.25, 0.3) is 9.81 Å². The molecule has 0 unspecified atom stereocenters. The highest BCUT2D eigenvalue weighted by Gasteiger charge is 2.03. The van der Waals surface area contributed by atoms with Gasteiger partial charge in [-0.25, -0.2) is 4.40 Å². The zero-order chi connectivity index (χ0) is 8.55. The minimum absolute atomic E-state index is 0.311. The van der Waals surface area contributed by atoms with E-state index in [-0.39, 0.29) is 5.56 Å². The molecule has 12 heavy (non-hydrogen) atoms. The second-order valence-corrected chi connectivity index (χ2v) is 2.99. The monoisotopic (exact) mass is 177 g/mol. The van der Waals surface area contributed by atoms with Crippen LogP contribution in [0, 0.1) is 6.57 Å². The number of aromatic nitrogens is 2. The molecule has 0 atom stereocenters. The van der Waals surface area contributed by atoms with Crippen molar-refractivity contribution in [2.75, 3.05) is 0 Å². The molecule has 0 aliphatic carbocycles. The maximum atomic E-state index is 10.9. The van der Waals surface area contributed by atoms with Crippen LogP contribution < -0.4 is 5.56 Å². The summed E-state index contributed by atoms with van der Waals surface area (Å²) < 4.78 is 1.60. The highest BCUT2D eigenvalue weighted by molar-refractivity contribution is 7.15. The summed E-state index contributed by atoms with van der Waals surface area (Å²) in [6.45, 7) is 6.80. The maximum Gasteiger partial charge on any atom is 0.271 e. The van der Waals surface area contributed by atoms with E-state index in [1.165, 1.54) is 17.4 Å². The highest BCUT2D eigenvalue weighted by atomic mass is 32.1. The molecule has 2 heterocycles. The minimum atomic E-state index is -0.358. The smallest absolute Gasteiger partial charge is 0.271 e. The van der Waals surface area contributed by atoms with Crippen molar-refractivity contribution in [2.24, 2.45) is 0 Å². The van der Waals surface area contributed by atoms with Gasteiger partial charge >= 0.3 is 0 Å². The van der Waals surface area contributed by atoms with E-state index in [4.69, 9.17) is 6.57 Å². The summed E-state index contributed by atoms with van der Waals surface area (Å²) in [6.07, 6.45) is 1.72. The van der Waals surface area contributed by atoms with E-state index in [0.29, 0.717) is 10.8 Å². The molecule has 0 bridgehead atoms. The molecule has 58 valence electrons. The van der Waals surface area contributed by atoms with Crippen molar-refractivity contribution in [2.45, 2.75) is 0 Å². The first kappa shape index (κ1) is 7.00. The van der Waals surface area contributed by atoms with E-state index in [0.717, 1.165) is 0 Å². The molecule has 5 heteroatoms. The summed E-state index contributed by atoms with van der Waals surface area (Å²) in [6, 6.07) is 1.23. The van der Waals surface area contributed by atoms with Crippen LogP contribution in [0.15, 0.2) is 22.4 Å². The van der Waals surface area contributed by atoms with Crippen molar-refractivity contribution in [1.29, 1.82) is 0 Å². The zero-order valence-corrected chi connectivity index (χ0v) is 6.71. The molecule has 0 fully saturated rings. The van der Waals surface area contributed by atoms with Crippen LogP contribution in [0.5, 0.6) is 0 Å². The van der Waals surface area contributed by atoms with Crippen molar-refractivity contribution in [3.63, 3.8) is 0 Å². The Hall–Kier alpha value is -1.67. The summed E-state index contributed by atoms with van der Waals surface area (Å²) in [5.41, 5.74) is -0.358.